The van der Waals surface area contributed by atoms with Crippen molar-refractivity contribution in [3.05, 3.63) is 0 Å². The van der Waals surface area contributed by atoms with Gasteiger partial charge in [-0.1, -0.05) is 26.2 Å². The molecule has 1 N–H and O–H groups in total. The second kappa shape index (κ2) is 2.48. The predicted octanol–water partition coefficient (Wildman–Crippen LogP) is 2.34. The minimum Gasteiger partial charge on any atom is -0.390 e. The largest absolute Gasteiger partial charge is 0.390 e. The first-order valence-corrected chi connectivity index (χ1v) is 4.95. The van der Waals surface area contributed by atoms with E-state index < -0.39 is 0 Å². The van der Waals surface area contributed by atoms with Crippen LogP contribution >= 0.6 is 0 Å². The van der Waals surface area contributed by atoms with Gasteiger partial charge in [0.1, 0.15) is 0 Å². The number of aliphatic hydroxyl groups is 1. The highest BCUT2D eigenvalue weighted by molar-refractivity contribution is 5.01. The lowest BCUT2D eigenvalue weighted by Gasteiger charge is -2.32. The number of hydrogen-bond donors (Lipinski definition) is 1. The maximum atomic E-state index is 9.92. The van der Waals surface area contributed by atoms with Crippen LogP contribution in [-0.2, 0) is 0 Å². The van der Waals surface area contributed by atoms with Gasteiger partial charge in [0.25, 0.3) is 0 Å². The Hall–Kier alpha value is -0.0400. The molecule has 0 spiro atoms. The van der Waals surface area contributed by atoms with Crippen molar-refractivity contribution in [1.29, 1.82) is 0 Å². The maximum Gasteiger partial charge on any atom is 0.0680 e. The molecule has 2 saturated carbocycles. The van der Waals surface area contributed by atoms with E-state index in [4.69, 9.17) is 0 Å². The Morgan fingerprint density at radius 3 is 2.36 bits per heavy atom. The number of hydrogen-bond acceptors (Lipinski definition) is 1. The zero-order valence-corrected chi connectivity index (χ0v) is 7.34. The average molecular weight is 154 g/mol. The van der Waals surface area contributed by atoms with Crippen LogP contribution in [0.3, 0.4) is 0 Å². The van der Waals surface area contributed by atoms with Crippen molar-refractivity contribution in [2.45, 2.75) is 51.0 Å². The minimum atomic E-state index is -0.208. The van der Waals surface area contributed by atoms with Gasteiger partial charge >= 0.3 is 0 Å². The fourth-order valence-corrected chi connectivity index (χ4v) is 2.61. The van der Waals surface area contributed by atoms with Crippen LogP contribution in [0.15, 0.2) is 0 Å². The lowest BCUT2D eigenvalue weighted by Crippen LogP contribution is -2.30. The van der Waals surface area contributed by atoms with Crippen molar-refractivity contribution in [1.82, 2.24) is 0 Å². The van der Waals surface area contributed by atoms with Gasteiger partial charge in [0, 0.05) is 0 Å². The molecule has 0 amide bonds. The summed E-state index contributed by atoms with van der Waals surface area (Å²) in [6, 6.07) is 0. The standard InChI is InChI=1S/C10H18O/c1-8-4-2-3-5-9(8)10(11)6-7-10/h8-9,11H,2-7H2,1H3. The van der Waals surface area contributed by atoms with E-state index in [1.807, 2.05) is 0 Å². The molecule has 0 aliphatic heterocycles. The van der Waals surface area contributed by atoms with Crippen LogP contribution in [0.5, 0.6) is 0 Å². The Kier molecular flexibility index (Phi) is 1.71. The van der Waals surface area contributed by atoms with E-state index in [0.29, 0.717) is 5.92 Å². The third-order valence-corrected chi connectivity index (χ3v) is 3.56. The monoisotopic (exact) mass is 154 g/mol. The van der Waals surface area contributed by atoms with Crippen LogP contribution < -0.4 is 0 Å². The van der Waals surface area contributed by atoms with E-state index in [2.05, 4.69) is 6.92 Å². The molecule has 0 aromatic carbocycles. The van der Waals surface area contributed by atoms with Crippen LogP contribution in [-0.4, -0.2) is 10.7 Å². The molecular formula is C10H18O. The average Bonchev–Trinajstić information content (AvgIpc) is 2.70. The van der Waals surface area contributed by atoms with Crippen molar-refractivity contribution >= 4 is 0 Å². The summed E-state index contributed by atoms with van der Waals surface area (Å²) in [5.74, 6) is 1.41. The third-order valence-electron chi connectivity index (χ3n) is 3.56. The fraction of sp³-hybridized carbons (Fsp3) is 1.00. The first kappa shape index (κ1) is 7.60. The summed E-state index contributed by atoms with van der Waals surface area (Å²) in [7, 11) is 0. The molecule has 0 bridgehead atoms. The molecule has 2 unspecified atom stereocenters. The SMILES string of the molecule is CC1CCCCC1C1(O)CC1. The Labute approximate surface area is 68.8 Å². The molecule has 0 radical (unpaired) electrons. The molecule has 2 atom stereocenters. The summed E-state index contributed by atoms with van der Waals surface area (Å²) in [5.41, 5.74) is -0.208. The summed E-state index contributed by atoms with van der Waals surface area (Å²) in [5, 5.41) is 9.92. The molecule has 2 aliphatic carbocycles. The molecule has 2 aliphatic rings. The van der Waals surface area contributed by atoms with Gasteiger partial charge in [-0.3, -0.25) is 0 Å². The van der Waals surface area contributed by atoms with Crippen molar-refractivity contribution in [3.63, 3.8) is 0 Å². The van der Waals surface area contributed by atoms with Gasteiger partial charge in [0.2, 0.25) is 0 Å². The highest BCUT2D eigenvalue weighted by Gasteiger charge is 2.49. The summed E-state index contributed by atoms with van der Waals surface area (Å²) in [4.78, 5) is 0. The topological polar surface area (TPSA) is 20.2 Å². The van der Waals surface area contributed by atoms with Gasteiger partial charge < -0.3 is 5.11 Å². The lowest BCUT2D eigenvalue weighted by atomic mass is 9.76. The van der Waals surface area contributed by atoms with E-state index in [0.717, 1.165) is 18.8 Å². The van der Waals surface area contributed by atoms with Gasteiger partial charge in [-0.2, -0.15) is 0 Å². The first-order chi connectivity index (χ1) is 5.22. The van der Waals surface area contributed by atoms with Crippen molar-refractivity contribution < 1.29 is 5.11 Å². The van der Waals surface area contributed by atoms with Crippen LogP contribution in [0.2, 0.25) is 0 Å². The van der Waals surface area contributed by atoms with Gasteiger partial charge in [-0.05, 0) is 31.1 Å². The second-order valence-electron chi connectivity index (χ2n) is 4.47. The first-order valence-electron chi connectivity index (χ1n) is 4.95. The van der Waals surface area contributed by atoms with Gasteiger partial charge in [-0.15, -0.1) is 0 Å². The molecule has 64 valence electrons. The zero-order chi connectivity index (χ0) is 7.90. The van der Waals surface area contributed by atoms with Crippen molar-refractivity contribution in [2.24, 2.45) is 11.8 Å². The van der Waals surface area contributed by atoms with Crippen LogP contribution in [0.4, 0.5) is 0 Å². The minimum absolute atomic E-state index is 0.208. The molecule has 2 rings (SSSR count). The summed E-state index contributed by atoms with van der Waals surface area (Å²) in [6.45, 7) is 2.31. The molecule has 2 fully saturated rings. The molecule has 1 heteroatoms. The second-order valence-corrected chi connectivity index (χ2v) is 4.47. The Morgan fingerprint density at radius 1 is 1.18 bits per heavy atom. The highest BCUT2D eigenvalue weighted by Crippen LogP contribution is 2.50. The van der Waals surface area contributed by atoms with Crippen molar-refractivity contribution in [2.75, 3.05) is 0 Å². The summed E-state index contributed by atoms with van der Waals surface area (Å²) in [6.07, 6.45) is 7.49. The summed E-state index contributed by atoms with van der Waals surface area (Å²) < 4.78 is 0. The van der Waals surface area contributed by atoms with E-state index >= 15 is 0 Å². The van der Waals surface area contributed by atoms with E-state index in [9.17, 15) is 5.11 Å². The highest BCUT2D eigenvalue weighted by atomic mass is 16.3. The number of rotatable bonds is 1. The van der Waals surface area contributed by atoms with Crippen LogP contribution in [0.25, 0.3) is 0 Å². The molecule has 11 heavy (non-hydrogen) atoms. The molecule has 0 heterocycles. The Bertz CT molecular complexity index is 149. The van der Waals surface area contributed by atoms with E-state index in [1.165, 1.54) is 25.7 Å². The molecular weight excluding hydrogens is 136 g/mol. The Balaban J connectivity index is 1.99. The van der Waals surface area contributed by atoms with Gasteiger partial charge in [0.15, 0.2) is 0 Å². The van der Waals surface area contributed by atoms with Crippen LogP contribution in [0, 0.1) is 11.8 Å². The molecule has 0 aromatic heterocycles. The lowest BCUT2D eigenvalue weighted by molar-refractivity contribution is 0.0314. The predicted molar refractivity (Wildman–Crippen MR) is 45.3 cm³/mol. The summed E-state index contributed by atoms with van der Waals surface area (Å²) >= 11 is 0. The zero-order valence-electron chi connectivity index (χ0n) is 7.34. The van der Waals surface area contributed by atoms with Gasteiger partial charge in [-0.25, -0.2) is 0 Å². The maximum absolute atomic E-state index is 9.92. The normalized spacial score (nSPS) is 42.0. The molecule has 1 nitrogen and oxygen atoms in total. The van der Waals surface area contributed by atoms with E-state index in [-0.39, 0.29) is 5.60 Å². The molecule has 0 saturated heterocycles. The Morgan fingerprint density at radius 2 is 1.82 bits per heavy atom. The van der Waals surface area contributed by atoms with Gasteiger partial charge in [0.05, 0.1) is 5.60 Å². The van der Waals surface area contributed by atoms with Crippen molar-refractivity contribution in [3.8, 4) is 0 Å². The van der Waals surface area contributed by atoms with Crippen LogP contribution in [0.1, 0.15) is 45.4 Å². The molecule has 0 aromatic rings. The van der Waals surface area contributed by atoms with E-state index in [1.54, 1.807) is 0 Å². The third kappa shape index (κ3) is 1.31. The quantitative estimate of drug-likeness (QED) is 0.614. The fourth-order valence-electron chi connectivity index (χ4n) is 2.61. The smallest absolute Gasteiger partial charge is 0.0680 e.